The highest BCUT2D eigenvalue weighted by Crippen LogP contribution is 2.28. The fourth-order valence-electron chi connectivity index (χ4n) is 3.25. The molecule has 2 aromatic carbocycles. The van der Waals surface area contributed by atoms with Gasteiger partial charge < -0.3 is 24.4 Å². The van der Waals surface area contributed by atoms with Crippen molar-refractivity contribution < 1.29 is 33.4 Å². The van der Waals surface area contributed by atoms with Gasteiger partial charge in [-0.2, -0.15) is 0 Å². The summed E-state index contributed by atoms with van der Waals surface area (Å²) in [4.78, 5) is 50.0. The molecule has 32 heavy (non-hydrogen) atoms. The van der Waals surface area contributed by atoms with E-state index in [2.05, 4.69) is 5.32 Å². The van der Waals surface area contributed by atoms with Crippen molar-refractivity contribution in [3.63, 3.8) is 0 Å². The molecule has 0 bridgehead atoms. The zero-order valence-corrected chi connectivity index (χ0v) is 17.8. The number of carbonyl (C=O) groups excluding carboxylic acids is 4. The molecular formula is C23H24N2O7. The Bertz CT molecular complexity index is 1000. The van der Waals surface area contributed by atoms with E-state index in [0.717, 1.165) is 0 Å². The van der Waals surface area contributed by atoms with Gasteiger partial charge in [0.25, 0.3) is 5.91 Å². The fraction of sp³-hybridized carbons (Fsp3) is 0.304. The van der Waals surface area contributed by atoms with E-state index in [1.165, 1.54) is 24.1 Å². The molecule has 1 heterocycles. The maximum atomic E-state index is 12.4. The van der Waals surface area contributed by atoms with Gasteiger partial charge in [0.1, 0.15) is 5.75 Å². The summed E-state index contributed by atoms with van der Waals surface area (Å²) in [6.45, 7) is 1.67. The number of esters is 2. The standard InChI is InChI=1S/C23H24N2O7/c1-3-31-22(28)15-7-9-17(10-8-15)24-20(26)14-32-23(29)16-11-21(27)25(13-16)18-5-4-6-19(12-18)30-2/h4-10,12,16H,3,11,13-14H2,1-2H3,(H,24,26)/t16-/m0/s1. The third-order valence-electron chi connectivity index (χ3n) is 4.85. The zero-order valence-electron chi connectivity index (χ0n) is 17.8. The van der Waals surface area contributed by atoms with Crippen molar-refractivity contribution in [2.75, 3.05) is 37.1 Å². The molecule has 0 radical (unpaired) electrons. The van der Waals surface area contributed by atoms with Crippen LogP contribution in [0.25, 0.3) is 0 Å². The minimum absolute atomic E-state index is 0.00693. The second-order valence-electron chi connectivity index (χ2n) is 7.06. The van der Waals surface area contributed by atoms with Gasteiger partial charge in [0.15, 0.2) is 6.61 Å². The Balaban J connectivity index is 1.49. The number of ether oxygens (including phenoxy) is 3. The van der Waals surface area contributed by atoms with Crippen LogP contribution in [0.4, 0.5) is 11.4 Å². The van der Waals surface area contributed by atoms with Gasteiger partial charge in [0, 0.05) is 30.4 Å². The second-order valence-corrected chi connectivity index (χ2v) is 7.06. The summed E-state index contributed by atoms with van der Waals surface area (Å²) in [7, 11) is 1.53. The summed E-state index contributed by atoms with van der Waals surface area (Å²) >= 11 is 0. The number of benzene rings is 2. The number of nitrogens with zero attached hydrogens (tertiary/aromatic N) is 1. The van der Waals surface area contributed by atoms with Gasteiger partial charge in [-0.3, -0.25) is 14.4 Å². The van der Waals surface area contributed by atoms with E-state index < -0.39 is 30.4 Å². The van der Waals surface area contributed by atoms with Crippen molar-refractivity contribution in [1.82, 2.24) is 0 Å². The van der Waals surface area contributed by atoms with Crippen molar-refractivity contribution in [2.45, 2.75) is 13.3 Å². The van der Waals surface area contributed by atoms with Crippen LogP contribution in [0.1, 0.15) is 23.7 Å². The van der Waals surface area contributed by atoms with Gasteiger partial charge in [0.2, 0.25) is 5.91 Å². The van der Waals surface area contributed by atoms with Crippen molar-refractivity contribution in [1.29, 1.82) is 0 Å². The summed E-state index contributed by atoms with van der Waals surface area (Å²) in [5.74, 6) is -1.86. The van der Waals surface area contributed by atoms with Crippen LogP contribution in [0.5, 0.6) is 5.75 Å². The number of hydrogen-bond donors (Lipinski definition) is 1. The van der Waals surface area contributed by atoms with Crippen LogP contribution in [-0.4, -0.2) is 50.6 Å². The molecule has 0 aliphatic carbocycles. The molecule has 1 saturated heterocycles. The van der Waals surface area contributed by atoms with Crippen LogP contribution in [0.2, 0.25) is 0 Å². The Hall–Kier alpha value is -3.88. The predicted octanol–water partition coefficient (Wildman–Crippen LogP) is 2.41. The lowest BCUT2D eigenvalue weighted by Gasteiger charge is -2.17. The summed E-state index contributed by atoms with van der Waals surface area (Å²) < 4.78 is 15.2. The van der Waals surface area contributed by atoms with Crippen LogP contribution in [0, 0.1) is 5.92 Å². The molecule has 0 unspecified atom stereocenters. The molecule has 9 nitrogen and oxygen atoms in total. The van der Waals surface area contributed by atoms with Gasteiger partial charge in [0.05, 0.1) is 25.2 Å². The van der Waals surface area contributed by atoms with Crippen molar-refractivity contribution >= 4 is 35.1 Å². The number of amides is 2. The van der Waals surface area contributed by atoms with Crippen LogP contribution >= 0.6 is 0 Å². The summed E-state index contributed by atoms with van der Waals surface area (Å²) in [5.41, 5.74) is 1.44. The minimum atomic E-state index is -0.662. The summed E-state index contributed by atoms with van der Waals surface area (Å²) in [6, 6.07) is 13.1. The molecule has 0 saturated carbocycles. The van der Waals surface area contributed by atoms with Gasteiger partial charge in [-0.1, -0.05) is 6.07 Å². The molecule has 168 valence electrons. The van der Waals surface area contributed by atoms with Gasteiger partial charge >= 0.3 is 11.9 Å². The molecule has 1 atom stereocenters. The van der Waals surface area contributed by atoms with E-state index in [0.29, 0.717) is 22.7 Å². The maximum Gasteiger partial charge on any atom is 0.338 e. The van der Waals surface area contributed by atoms with E-state index in [9.17, 15) is 19.2 Å². The molecule has 1 fully saturated rings. The van der Waals surface area contributed by atoms with Gasteiger partial charge in [-0.05, 0) is 43.3 Å². The van der Waals surface area contributed by atoms with E-state index in [-0.39, 0.29) is 25.5 Å². The Kier molecular flexibility index (Phi) is 7.43. The monoisotopic (exact) mass is 440 g/mol. The number of hydrogen-bond acceptors (Lipinski definition) is 7. The molecule has 3 rings (SSSR count). The molecule has 2 aromatic rings. The molecular weight excluding hydrogens is 416 g/mol. The lowest BCUT2D eigenvalue weighted by Crippen LogP contribution is -2.28. The molecule has 1 aliphatic heterocycles. The Morgan fingerprint density at radius 2 is 1.84 bits per heavy atom. The summed E-state index contributed by atoms with van der Waals surface area (Å²) in [6.07, 6.45) is 0.00693. The molecule has 1 aliphatic rings. The second kappa shape index (κ2) is 10.4. The first-order valence-electron chi connectivity index (χ1n) is 10.1. The van der Waals surface area contributed by atoms with E-state index in [1.54, 1.807) is 43.3 Å². The van der Waals surface area contributed by atoms with E-state index >= 15 is 0 Å². The van der Waals surface area contributed by atoms with Crippen molar-refractivity contribution in [3.8, 4) is 5.75 Å². The largest absolute Gasteiger partial charge is 0.497 e. The first-order valence-corrected chi connectivity index (χ1v) is 10.1. The third kappa shape index (κ3) is 5.63. The van der Waals surface area contributed by atoms with Crippen molar-refractivity contribution in [3.05, 3.63) is 54.1 Å². The highest BCUT2D eigenvalue weighted by Gasteiger charge is 2.36. The molecule has 9 heteroatoms. The van der Waals surface area contributed by atoms with Gasteiger partial charge in [-0.15, -0.1) is 0 Å². The lowest BCUT2D eigenvalue weighted by molar-refractivity contribution is -0.151. The maximum absolute atomic E-state index is 12.4. The Labute approximate surface area is 185 Å². The topological polar surface area (TPSA) is 111 Å². The highest BCUT2D eigenvalue weighted by molar-refractivity contribution is 6.00. The van der Waals surface area contributed by atoms with Crippen LogP contribution in [-0.2, 0) is 23.9 Å². The zero-order chi connectivity index (χ0) is 23.1. The van der Waals surface area contributed by atoms with E-state index in [4.69, 9.17) is 14.2 Å². The smallest absolute Gasteiger partial charge is 0.338 e. The predicted molar refractivity (Wildman–Crippen MR) is 115 cm³/mol. The molecule has 1 N–H and O–H groups in total. The number of rotatable bonds is 8. The normalized spacial score (nSPS) is 15.2. The average molecular weight is 440 g/mol. The number of nitrogens with one attached hydrogen (secondary N) is 1. The first kappa shape index (κ1) is 22.8. The van der Waals surface area contributed by atoms with Gasteiger partial charge in [-0.25, -0.2) is 4.79 Å². The van der Waals surface area contributed by atoms with Crippen molar-refractivity contribution in [2.24, 2.45) is 5.92 Å². The average Bonchev–Trinajstić information content (AvgIpc) is 3.20. The summed E-state index contributed by atoms with van der Waals surface area (Å²) in [5, 5.41) is 2.58. The Morgan fingerprint density at radius 3 is 2.53 bits per heavy atom. The molecule has 0 aromatic heterocycles. The number of carbonyl (C=O) groups is 4. The number of methoxy groups -OCH3 is 1. The lowest BCUT2D eigenvalue weighted by atomic mass is 10.1. The fourth-order valence-corrected chi connectivity index (χ4v) is 3.25. The number of anilines is 2. The van der Waals surface area contributed by atoms with Crippen LogP contribution < -0.4 is 15.0 Å². The Morgan fingerprint density at radius 1 is 1.09 bits per heavy atom. The van der Waals surface area contributed by atoms with Crippen LogP contribution in [0.3, 0.4) is 0 Å². The highest BCUT2D eigenvalue weighted by atomic mass is 16.5. The molecule has 2 amide bonds. The molecule has 0 spiro atoms. The first-order chi connectivity index (χ1) is 15.4. The SMILES string of the molecule is CCOC(=O)c1ccc(NC(=O)COC(=O)[C@H]2CC(=O)N(c3cccc(OC)c3)C2)cc1. The quantitative estimate of drug-likeness (QED) is 0.628. The van der Waals surface area contributed by atoms with Crippen LogP contribution in [0.15, 0.2) is 48.5 Å². The minimum Gasteiger partial charge on any atom is -0.497 e. The third-order valence-corrected chi connectivity index (χ3v) is 4.85. The van der Waals surface area contributed by atoms with E-state index in [1.807, 2.05) is 0 Å².